The van der Waals surface area contributed by atoms with Crippen molar-refractivity contribution in [3.8, 4) is 11.5 Å². The van der Waals surface area contributed by atoms with Gasteiger partial charge in [-0.25, -0.2) is 0 Å². The minimum atomic E-state index is -0.698. The number of carboxylic acids is 1. The van der Waals surface area contributed by atoms with Crippen LogP contribution in [0.3, 0.4) is 0 Å². The number of carbonyl (C=O) groups is 1. The van der Waals surface area contributed by atoms with Crippen molar-refractivity contribution in [1.82, 2.24) is 4.90 Å². The van der Waals surface area contributed by atoms with Gasteiger partial charge in [-0.1, -0.05) is 18.5 Å². The number of hydrogen-bond donors (Lipinski definition) is 1. The number of aliphatic carboxylic acids is 1. The molecule has 0 amide bonds. The number of fused-ring (bicyclic) bond motifs is 1. The number of rotatable bonds is 4. The van der Waals surface area contributed by atoms with Crippen LogP contribution in [0.5, 0.6) is 11.5 Å². The molecule has 0 aliphatic carbocycles. The third-order valence-corrected chi connectivity index (χ3v) is 4.74. The van der Waals surface area contributed by atoms with Crippen LogP contribution in [-0.2, 0) is 11.3 Å². The van der Waals surface area contributed by atoms with E-state index in [0.29, 0.717) is 42.5 Å². The Labute approximate surface area is 128 Å². The molecule has 1 fully saturated rings. The van der Waals surface area contributed by atoms with Gasteiger partial charge >= 0.3 is 5.97 Å². The Kier molecular flexibility index (Phi) is 3.71. The molecule has 3 rings (SSSR count). The van der Waals surface area contributed by atoms with Crippen LogP contribution in [0.1, 0.15) is 25.3 Å². The summed E-state index contributed by atoms with van der Waals surface area (Å²) in [6.45, 7) is 4.16. The van der Waals surface area contributed by atoms with Crippen LogP contribution >= 0.6 is 11.6 Å². The second kappa shape index (κ2) is 5.39. The molecule has 0 radical (unpaired) electrons. The molecule has 114 valence electrons. The van der Waals surface area contributed by atoms with Crippen LogP contribution in [0.4, 0.5) is 0 Å². The summed E-state index contributed by atoms with van der Waals surface area (Å²) in [6.07, 6.45) is 1.35. The second-order valence-electron chi connectivity index (χ2n) is 5.71. The predicted octanol–water partition coefficient (Wildman–Crippen LogP) is 2.76. The highest BCUT2D eigenvalue weighted by molar-refractivity contribution is 6.32. The first-order valence-corrected chi connectivity index (χ1v) is 7.45. The van der Waals surface area contributed by atoms with Gasteiger partial charge in [0.05, 0.1) is 10.4 Å². The molecule has 0 bridgehead atoms. The SMILES string of the molecule is CCC1(C(=O)O)CCN(Cc2cc(Cl)c3c(c2)OCO3)C1. The summed E-state index contributed by atoms with van der Waals surface area (Å²) in [6, 6.07) is 3.78. The largest absolute Gasteiger partial charge is 0.481 e. The van der Waals surface area contributed by atoms with Crippen molar-refractivity contribution in [1.29, 1.82) is 0 Å². The highest BCUT2D eigenvalue weighted by Gasteiger charge is 2.43. The normalized spacial score (nSPS) is 24.5. The molecule has 5 nitrogen and oxygen atoms in total. The zero-order chi connectivity index (χ0) is 15.0. The lowest BCUT2D eigenvalue weighted by atomic mass is 9.84. The van der Waals surface area contributed by atoms with E-state index in [9.17, 15) is 9.90 Å². The van der Waals surface area contributed by atoms with E-state index in [-0.39, 0.29) is 6.79 Å². The monoisotopic (exact) mass is 311 g/mol. The Bertz CT molecular complexity index is 577. The lowest BCUT2D eigenvalue weighted by Gasteiger charge is -2.23. The average molecular weight is 312 g/mol. The fourth-order valence-electron chi connectivity index (χ4n) is 3.08. The third-order valence-electron chi connectivity index (χ3n) is 4.46. The van der Waals surface area contributed by atoms with Crippen LogP contribution in [0.2, 0.25) is 5.02 Å². The van der Waals surface area contributed by atoms with Gasteiger partial charge in [0.25, 0.3) is 0 Å². The molecule has 1 aromatic carbocycles. The average Bonchev–Trinajstić information content (AvgIpc) is 3.06. The maximum atomic E-state index is 11.5. The van der Waals surface area contributed by atoms with Gasteiger partial charge in [0.2, 0.25) is 6.79 Å². The molecular formula is C15H18ClNO4. The number of halogens is 1. The molecule has 2 aliphatic heterocycles. The van der Waals surface area contributed by atoms with Crippen LogP contribution < -0.4 is 9.47 Å². The Balaban J connectivity index is 1.74. The number of hydrogen-bond acceptors (Lipinski definition) is 4. The minimum absolute atomic E-state index is 0.195. The first kappa shape index (κ1) is 14.5. The number of likely N-dealkylation sites (tertiary alicyclic amines) is 1. The molecule has 0 spiro atoms. The van der Waals surface area contributed by atoms with Gasteiger partial charge in [-0.3, -0.25) is 9.69 Å². The predicted molar refractivity (Wildman–Crippen MR) is 77.8 cm³/mol. The molecule has 2 heterocycles. The van der Waals surface area contributed by atoms with E-state index in [4.69, 9.17) is 21.1 Å². The third kappa shape index (κ3) is 2.56. The molecule has 2 aliphatic rings. The van der Waals surface area contributed by atoms with Crippen LogP contribution in [0, 0.1) is 5.41 Å². The number of benzene rings is 1. The van der Waals surface area contributed by atoms with Gasteiger partial charge in [0.1, 0.15) is 0 Å². The summed E-state index contributed by atoms with van der Waals surface area (Å²) in [5.74, 6) is 0.559. The molecule has 21 heavy (non-hydrogen) atoms. The van der Waals surface area contributed by atoms with Crippen molar-refractivity contribution >= 4 is 17.6 Å². The lowest BCUT2D eigenvalue weighted by Crippen LogP contribution is -2.33. The summed E-state index contributed by atoms with van der Waals surface area (Å²) in [4.78, 5) is 13.6. The molecule has 1 atom stereocenters. The highest BCUT2D eigenvalue weighted by Crippen LogP contribution is 2.41. The van der Waals surface area contributed by atoms with Crippen LogP contribution in [-0.4, -0.2) is 35.9 Å². The van der Waals surface area contributed by atoms with Crippen molar-refractivity contribution in [2.75, 3.05) is 19.9 Å². The summed E-state index contributed by atoms with van der Waals surface area (Å²) < 4.78 is 10.7. The molecule has 1 unspecified atom stereocenters. The van der Waals surface area contributed by atoms with Crippen molar-refractivity contribution in [2.45, 2.75) is 26.3 Å². The van der Waals surface area contributed by atoms with E-state index >= 15 is 0 Å². The lowest BCUT2D eigenvalue weighted by molar-refractivity contribution is -0.148. The molecule has 0 saturated carbocycles. The smallest absolute Gasteiger partial charge is 0.310 e. The summed E-state index contributed by atoms with van der Waals surface area (Å²) >= 11 is 6.18. The van der Waals surface area contributed by atoms with E-state index in [1.807, 2.05) is 19.1 Å². The van der Waals surface area contributed by atoms with E-state index in [0.717, 1.165) is 12.1 Å². The maximum absolute atomic E-state index is 11.5. The fourth-order valence-corrected chi connectivity index (χ4v) is 3.37. The Morgan fingerprint density at radius 2 is 2.29 bits per heavy atom. The quantitative estimate of drug-likeness (QED) is 0.926. The molecule has 1 N–H and O–H groups in total. The first-order chi connectivity index (χ1) is 10.0. The summed E-state index contributed by atoms with van der Waals surface area (Å²) in [5.41, 5.74) is 0.404. The zero-order valence-corrected chi connectivity index (χ0v) is 12.7. The topological polar surface area (TPSA) is 59.0 Å². The van der Waals surface area contributed by atoms with Crippen LogP contribution in [0.25, 0.3) is 0 Å². The van der Waals surface area contributed by atoms with Gasteiger partial charge in [-0.2, -0.15) is 0 Å². The number of ether oxygens (including phenoxy) is 2. The zero-order valence-electron chi connectivity index (χ0n) is 11.9. The molecule has 6 heteroatoms. The minimum Gasteiger partial charge on any atom is -0.481 e. The van der Waals surface area contributed by atoms with Crippen molar-refractivity contribution in [2.24, 2.45) is 5.41 Å². The highest BCUT2D eigenvalue weighted by atomic mass is 35.5. The van der Waals surface area contributed by atoms with Gasteiger partial charge in [0.15, 0.2) is 11.5 Å². The second-order valence-corrected chi connectivity index (χ2v) is 6.12. The summed E-state index contributed by atoms with van der Waals surface area (Å²) in [7, 11) is 0. The van der Waals surface area contributed by atoms with Gasteiger partial charge < -0.3 is 14.6 Å². The van der Waals surface area contributed by atoms with E-state index in [1.54, 1.807) is 0 Å². The Hall–Kier alpha value is -1.46. The Morgan fingerprint density at radius 3 is 2.95 bits per heavy atom. The number of nitrogens with zero attached hydrogens (tertiary/aromatic N) is 1. The van der Waals surface area contributed by atoms with Crippen molar-refractivity contribution in [3.63, 3.8) is 0 Å². The molecule has 1 aromatic rings. The number of carboxylic acid groups (broad SMARTS) is 1. The van der Waals surface area contributed by atoms with Crippen molar-refractivity contribution in [3.05, 3.63) is 22.7 Å². The van der Waals surface area contributed by atoms with E-state index in [2.05, 4.69) is 4.90 Å². The summed E-state index contributed by atoms with van der Waals surface area (Å²) in [5, 5.41) is 9.98. The standard InChI is InChI=1S/C15H18ClNO4/c1-2-15(14(18)19)3-4-17(8-15)7-10-5-11(16)13-12(6-10)20-9-21-13/h5-6H,2-4,7-9H2,1H3,(H,18,19). The first-order valence-electron chi connectivity index (χ1n) is 7.08. The van der Waals surface area contributed by atoms with Gasteiger partial charge in [0, 0.05) is 13.1 Å². The van der Waals surface area contributed by atoms with Gasteiger partial charge in [-0.15, -0.1) is 0 Å². The van der Waals surface area contributed by atoms with Crippen LogP contribution in [0.15, 0.2) is 12.1 Å². The molecular weight excluding hydrogens is 294 g/mol. The Morgan fingerprint density at radius 1 is 1.48 bits per heavy atom. The molecule has 0 aromatic heterocycles. The fraction of sp³-hybridized carbons (Fsp3) is 0.533. The van der Waals surface area contributed by atoms with E-state index < -0.39 is 11.4 Å². The molecule has 1 saturated heterocycles. The van der Waals surface area contributed by atoms with Gasteiger partial charge in [-0.05, 0) is 37.1 Å². The van der Waals surface area contributed by atoms with Crippen molar-refractivity contribution < 1.29 is 19.4 Å². The maximum Gasteiger partial charge on any atom is 0.310 e. The van der Waals surface area contributed by atoms with E-state index in [1.165, 1.54) is 0 Å².